The Morgan fingerprint density at radius 3 is 2.38 bits per heavy atom. The van der Waals surface area contributed by atoms with E-state index in [1.807, 2.05) is 0 Å². The Morgan fingerprint density at radius 2 is 2.25 bits per heavy atom. The molecule has 8 heavy (non-hydrogen) atoms. The Kier molecular flexibility index (Phi) is 10.2. The molecule has 0 amide bonds. The van der Waals surface area contributed by atoms with Gasteiger partial charge in [-0.3, -0.25) is 0 Å². The maximum atomic E-state index is 9.63. The van der Waals surface area contributed by atoms with Gasteiger partial charge in [0.25, 0.3) is 0 Å². The fraction of sp³-hybridized carbons (Fsp3) is 0.333. The van der Waals surface area contributed by atoms with Crippen LogP contribution in [0.5, 0.6) is 0 Å². The number of hydrogen-bond donors (Lipinski definition) is 1. The Hall–Kier alpha value is 0.314. The molecule has 1 unspecified atom stereocenters. The standard InChI is InChI=1S/C3H5O3P.Ti/c1-2-3-6-7(4)5;/h2-3H,1H3;/p+1. The first-order chi connectivity index (χ1) is 3.27. The van der Waals surface area contributed by atoms with E-state index in [0.29, 0.717) is 0 Å². The summed E-state index contributed by atoms with van der Waals surface area (Å²) >= 11 is 0. The Balaban J connectivity index is 0. The van der Waals surface area contributed by atoms with Crippen molar-refractivity contribution in [3.63, 3.8) is 0 Å². The van der Waals surface area contributed by atoms with E-state index in [9.17, 15) is 4.57 Å². The normalized spacial score (nSPS) is 10.5. The minimum atomic E-state index is -2.44. The summed E-state index contributed by atoms with van der Waals surface area (Å²) in [7, 11) is -2.44. The molecule has 0 aliphatic carbocycles. The molecule has 1 atom stereocenters. The minimum Gasteiger partial charge on any atom is -0.238 e. The minimum absolute atomic E-state index is 0. The molecule has 0 aromatic carbocycles. The van der Waals surface area contributed by atoms with Crippen LogP contribution >= 0.6 is 8.25 Å². The van der Waals surface area contributed by atoms with Gasteiger partial charge in [0.15, 0.2) is 0 Å². The van der Waals surface area contributed by atoms with Crippen molar-refractivity contribution < 1.29 is 35.7 Å². The Morgan fingerprint density at radius 1 is 1.75 bits per heavy atom. The van der Waals surface area contributed by atoms with Gasteiger partial charge in [0.2, 0.25) is 0 Å². The van der Waals surface area contributed by atoms with Crippen LogP contribution in [-0.2, 0) is 30.8 Å². The van der Waals surface area contributed by atoms with Gasteiger partial charge in [0, 0.05) is 26.3 Å². The summed E-state index contributed by atoms with van der Waals surface area (Å²) in [6.07, 6.45) is 2.70. The maximum Gasteiger partial charge on any atom is 0.746 e. The average molecular weight is 169 g/mol. The van der Waals surface area contributed by atoms with Gasteiger partial charge < -0.3 is 0 Å². The van der Waals surface area contributed by atoms with E-state index < -0.39 is 8.25 Å². The second-order valence-electron chi connectivity index (χ2n) is 0.813. The van der Waals surface area contributed by atoms with Crippen molar-refractivity contribution in [3.8, 4) is 0 Å². The smallest absolute Gasteiger partial charge is 0.238 e. The molecular formula is C3H6O3PTi+. The van der Waals surface area contributed by atoms with E-state index in [1.54, 1.807) is 6.92 Å². The van der Waals surface area contributed by atoms with Crippen molar-refractivity contribution in [1.29, 1.82) is 0 Å². The summed E-state index contributed by atoms with van der Waals surface area (Å²) in [5, 5.41) is 0. The van der Waals surface area contributed by atoms with E-state index in [0.717, 1.165) is 0 Å². The first-order valence-electron chi connectivity index (χ1n) is 1.71. The Bertz CT molecular complexity index is 92.5. The molecule has 0 fully saturated rings. The average Bonchev–Trinajstić information content (AvgIpc) is 1.61. The molecule has 0 saturated heterocycles. The molecule has 0 saturated carbocycles. The van der Waals surface area contributed by atoms with Crippen LogP contribution in [0, 0.1) is 0 Å². The summed E-state index contributed by atoms with van der Waals surface area (Å²) < 4.78 is 13.7. The van der Waals surface area contributed by atoms with Crippen LogP contribution in [-0.4, -0.2) is 4.89 Å². The van der Waals surface area contributed by atoms with Gasteiger partial charge in [-0.25, -0.2) is 4.52 Å². The number of allylic oxidation sites excluding steroid dienone is 1. The molecule has 44 valence electrons. The van der Waals surface area contributed by atoms with Crippen LogP contribution < -0.4 is 0 Å². The van der Waals surface area contributed by atoms with Crippen LogP contribution in [0.15, 0.2) is 12.3 Å². The van der Waals surface area contributed by atoms with E-state index >= 15 is 0 Å². The van der Waals surface area contributed by atoms with Gasteiger partial charge in [-0.1, -0.05) is 0 Å². The second kappa shape index (κ2) is 7.31. The third-order valence-electron chi connectivity index (χ3n) is 0.287. The molecule has 3 nitrogen and oxygen atoms in total. The summed E-state index contributed by atoms with van der Waals surface area (Å²) in [4.78, 5) is 7.92. The van der Waals surface area contributed by atoms with Gasteiger partial charge in [0.1, 0.15) is 6.26 Å². The molecule has 0 aliphatic heterocycles. The van der Waals surface area contributed by atoms with Crippen molar-refractivity contribution in [2.24, 2.45) is 0 Å². The molecule has 0 aliphatic rings. The third-order valence-corrected chi connectivity index (χ3v) is 0.589. The fourth-order valence-electron chi connectivity index (χ4n) is 0.113. The van der Waals surface area contributed by atoms with Crippen molar-refractivity contribution in [2.75, 3.05) is 0 Å². The van der Waals surface area contributed by atoms with Crippen LogP contribution in [0.1, 0.15) is 6.92 Å². The van der Waals surface area contributed by atoms with E-state index in [-0.39, 0.29) is 21.7 Å². The van der Waals surface area contributed by atoms with E-state index in [2.05, 4.69) is 4.52 Å². The quantitative estimate of drug-likeness (QED) is 0.383. The second-order valence-corrected chi connectivity index (χ2v) is 1.50. The van der Waals surface area contributed by atoms with Gasteiger partial charge in [0.05, 0.1) is 0 Å². The predicted octanol–water partition coefficient (Wildman–Crippen LogP) is 1.18. The Labute approximate surface area is 63.6 Å². The first kappa shape index (κ1) is 11.2. The predicted molar refractivity (Wildman–Crippen MR) is 25.7 cm³/mol. The van der Waals surface area contributed by atoms with Gasteiger partial charge in [-0.2, -0.15) is 0 Å². The molecule has 0 heterocycles. The van der Waals surface area contributed by atoms with Gasteiger partial charge in [-0.05, 0) is 13.0 Å². The molecule has 0 rings (SSSR count). The van der Waals surface area contributed by atoms with Crippen LogP contribution in [0.3, 0.4) is 0 Å². The molecule has 0 bridgehead atoms. The number of hydrogen-bond acceptors (Lipinski definition) is 2. The third kappa shape index (κ3) is 9.58. The zero-order chi connectivity index (χ0) is 5.70. The van der Waals surface area contributed by atoms with Crippen molar-refractivity contribution in [1.82, 2.24) is 0 Å². The topological polar surface area (TPSA) is 46.5 Å². The molecule has 0 aromatic heterocycles. The van der Waals surface area contributed by atoms with Crippen molar-refractivity contribution in [3.05, 3.63) is 12.3 Å². The van der Waals surface area contributed by atoms with E-state index in [1.165, 1.54) is 12.3 Å². The zero-order valence-corrected chi connectivity index (χ0v) is 6.82. The molecule has 0 spiro atoms. The SMILES string of the molecule is CC=CO[P+](=O)O.[Ti]. The van der Waals surface area contributed by atoms with Crippen LogP contribution in [0.25, 0.3) is 0 Å². The van der Waals surface area contributed by atoms with Crippen LogP contribution in [0.4, 0.5) is 0 Å². The largest absolute Gasteiger partial charge is 0.746 e. The molecule has 0 radical (unpaired) electrons. The molecule has 1 N–H and O–H groups in total. The van der Waals surface area contributed by atoms with E-state index in [4.69, 9.17) is 4.89 Å². The van der Waals surface area contributed by atoms with Gasteiger partial charge >= 0.3 is 8.25 Å². The first-order valence-corrected chi connectivity index (χ1v) is 2.84. The van der Waals surface area contributed by atoms with Gasteiger partial charge in [-0.15, -0.1) is 4.89 Å². The van der Waals surface area contributed by atoms with Crippen LogP contribution in [0.2, 0.25) is 0 Å². The zero-order valence-electron chi connectivity index (χ0n) is 4.37. The molecular weight excluding hydrogens is 163 g/mol. The summed E-state index contributed by atoms with van der Waals surface area (Å²) in [5.41, 5.74) is 0. The fourth-order valence-corrected chi connectivity index (χ4v) is 0.339. The van der Waals surface area contributed by atoms with Crippen molar-refractivity contribution in [2.45, 2.75) is 6.92 Å². The maximum absolute atomic E-state index is 9.63. The van der Waals surface area contributed by atoms with Crippen molar-refractivity contribution >= 4 is 8.25 Å². The monoisotopic (exact) mass is 169 g/mol. The molecule has 0 aromatic rings. The number of rotatable bonds is 2. The summed E-state index contributed by atoms with van der Waals surface area (Å²) in [6, 6.07) is 0. The molecule has 5 heteroatoms. The summed E-state index contributed by atoms with van der Waals surface area (Å²) in [5.74, 6) is 0. The summed E-state index contributed by atoms with van der Waals surface area (Å²) in [6.45, 7) is 1.69.